The molecule has 21 heavy (non-hydrogen) atoms. The molecular weight excluding hydrogens is 274 g/mol. The molecule has 2 unspecified atom stereocenters. The largest absolute Gasteiger partial charge is 0.337 e. The van der Waals surface area contributed by atoms with Crippen molar-refractivity contribution in [3.8, 4) is 0 Å². The second kappa shape index (κ2) is 3.86. The summed E-state index contributed by atoms with van der Waals surface area (Å²) in [6.45, 7) is 7.17. The number of fused-ring (bicyclic) bond motifs is 4. The summed E-state index contributed by atoms with van der Waals surface area (Å²) in [5.41, 5.74) is 10.3. The fourth-order valence-electron chi connectivity index (χ4n) is 3.68. The average molecular weight is 295 g/mol. The summed E-state index contributed by atoms with van der Waals surface area (Å²) in [7, 11) is -1.31. The molecule has 3 heteroatoms. The van der Waals surface area contributed by atoms with Gasteiger partial charge in [0.25, 0.3) is 0 Å². The van der Waals surface area contributed by atoms with Gasteiger partial charge in [-0.3, -0.25) is 5.73 Å². The average Bonchev–Trinajstić information content (AvgIpc) is 2.46. The van der Waals surface area contributed by atoms with Gasteiger partial charge in [-0.05, 0) is 29.3 Å². The molecule has 4 bridgehead atoms. The molecule has 4 rings (SSSR count). The third kappa shape index (κ3) is 1.71. The fraction of sp³-hybridized carbons (Fsp3) is 0.333. The zero-order chi connectivity index (χ0) is 14.9. The van der Waals surface area contributed by atoms with E-state index in [4.69, 9.17) is 10.5 Å². The van der Waals surface area contributed by atoms with E-state index in [9.17, 15) is 0 Å². The van der Waals surface area contributed by atoms with Crippen molar-refractivity contribution in [3.63, 3.8) is 0 Å². The van der Waals surface area contributed by atoms with Gasteiger partial charge in [0.05, 0.1) is 0 Å². The highest BCUT2D eigenvalue weighted by Crippen LogP contribution is 2.54. The maximum Gasteiger partial charge on any atom is 0.170 e. The molecule has 0 radical (unpaired) electrons. The van der Waals surface area contributed by atoms with Crippen LogP contribution in [0.5, 0.6) is 0 Å². The Kier molecular flexibility index (Phi) is 2.43. The Morgan fingerprint density at radius 2 is 1.57 bits per heavy atom. The van der Waals surface area contributed by atoms with Crippen LogP contribution in [0.15, 0.2) is 70.9 Å². The van der Waals surface area contributed by atoms with Gasteiger partial charge in [0.15, 0.2) is 5.72 Å². The third-order valence-corrected chi connectivity index (χ3v) is 6.19. The maximum absolute atomic E-state index is 6.64. The summed E-state index contributed by atoms with van der Waals surface area (Å²) >= 11 is 0. The standard InChI is InChI=1S/C18H21NOSi/c1-21(2,3)12-17(13-6-4-7-14(17)10-13)20-18(19)15-8-5-9-16(18)11-15/h4-11H,12,19H2,1-3H3. The molecule has 0 fully saturated rings. The Balaban J connectivity index is 1.71. The van der Waals surface area contributed by atoms with Gasteiger partial charge in [0, 0.05) is 19.2 Å². The molecule has 0 aromatic rings. The van der Waals surface area contributed by atoms with Crippen LogP contribution in [-0.4, -0.2) is 19.4 Å². The molecule has 2 nitrogen and oxygen atoms in total. The van der Waals surface area contributed by atoms with E-state index in [0.29, 0.717) is 0 Å². The third-order valence-electron chi connectivity index (χ3n) is 4.63. The van der Waals surface area contributed by atoms with Gasteiger partial charge in [0.2, 0.25) is 0 Å². The van der Waals surface area contributed by atoms with Crippen molar-refractivity contribution in [1.29, 1.82) is 0 Å². The van der Waals surface area contributed by atoms with E-state index in [1.807, 2.05) is 6.08 Å². The molecule has 0 aromatic heterocycles. The molecule has 0 aliphatic heterocycles. The first-order valence-corrected chi connectivity index (χ1v) is 11.3. The van der Waals surface area contributed by atoms with Crippen molar-refractivity contribution < 1.29 is 4.74 Å². The molecule has 108 valence electrons. The van der Waals surface area contributed by atoms with E-state index < -0.39 is 13.8 Å². The number of ether oxygens (including phenoxy) is 1. The Hall–Kier alpha value is -1.42. The van der Waals surface area contributed by atoms with Crippen LogP contribution in [0.2, 0.25) is 25.7 Å². The Morgan fingerprint density at radius 1 is 0.952 bits per heavy atom. The molecule has 0 saturated heterocycles. The van der Waals surface area contributed by atoms with Crippen molar-refractivity contribution in [2.24, 2.45) is 5.73 Å². The predicted octanol–water partition coefficient (Wildman–Crippen LogP) is 3.61. The molecule has 0 aromatic carbocycles. The van der Waals surface area contributed by atoms with Gasteiger partial charge in [0.1, 0.15) is 5.60 Å². The molecule has 0 amide bonds. The summed E-state index contributed by atoms with van der Waals surface area (Å²) < 4.78 is 6.64. The predicted molar refractivity (Wildman–Crippen MR) is 89.5 cm³/mol. The number of rotatable bonds is 4. The van der Waals surface area contributed by atoms with Crippen LogP contribution >= 0.6 is 0 Å². The Bertz CT molecular complexity index is 687. The van der Waals surface area contributed by atoms with E-state index in [-0.39, 0.29) is 5.60 Å². The topological polar surface area (TPSA) is 35.2 Å². The highest BCUT2D eigenvalue weighted by Gasteiger charge is 2.55. The van der Waals surface area contributed by atoms with E-state index in [0.717, 1.165) is 17.2 Å². The molecule has 2 atom stereocenters. The van der Waals surface area contributed by atoms with Crippen molar-refractivity contribution in [2.45, 2.75) is 37.0 Å². The van der Waals surface area contributed by atoms with Crippen LogP contribution in [0.1, 0.15) is 0 Å². The molecule has 4 aliphatic carbocycles. The molecule has 2 N–H and O–H groups in total. The van der Waals surface area contributed by atoms with Gasteiger partial charge in [-0.1, -0.05) is 56.1 Å². The summed E-state index contributed by atoms with van der Waals surface area (Å²) in [6, 6.07) is 1.07. The normalized spacial score (nSPS) is 35.2. The second-order valence-electron chi connectivity index (χ2n) is 7.56. The van der Waals surface area contributed by atoms with Crippen LogP contribution < -0.4 is 5.73 Å². The SMILES string of the molecule is C[Si](C)(C)CC1(OC2(N)c3cccc2c3)c2cccc1c2. The Labute approximate surface area is 127 Å². The van der Waals surface area contributed by atoms with Crippen LogP contribution in [0, 0.1) is 0 Å². The van der Waals surface area contributed by atoms with Gasteiger partial charge in [-0.2, -0.15) is 0 Å². The molecule has 4 aliphatic rings. The van der Waals surface area contributed by atoms with Crippen LogP contribution in [0.3, 0.4) is 0 Å². The van der Waals surface area contributed by atoms with Gasteiger partial charge in [-0.25, -0.2) is 0 Å². The summed E-state index contributed by atoms with van der Waals surface area (Å²) in [4.78, 5) is 0. The number of nitrogens with two attached hydrogens (primary N) is 1. The smallest absolute Gasteiger partial charge is 0.170 e. The van der Waals surface area contributed by atoms with Crippen LogP contribution in [0.4, 0.5) is 0 Å². The van der Waals surface area contributed by atoms with Crippen molar-refractivity contribution in [3.05, 3.63) is 70.9 Å². The quantitative estimate of drug-likeness (QED) is 0.635. The minimum Gasteiger partial charge on any atom is -0.337 e. The van der Waals surface area contributed by atoms with Crippen molar-refractivity contribution in [1.82, 2.24) is 0 Å². The maximum atomic E-state index is 6.64. The lowest BCUT2D eigenvalue weighted by Gasteiger charge is -2.54. The lowest BCUT2D eigenvalue weighted by Crippen LogP contribution is -2.61. The van der Waals surface area contributed by atoms with Crippen molar-refractivity contribution >= 4 is 8.07 Å². The van der Waals surface area contributed by atoms with Crippen LogP contribution in [-0.2, 0) is 4.74 Å². The van der Waals surface area contributed by atoms with Gasteiger partial charge < -0.3 is 4.74 Å². The second-order valence-corrected chi connectivity index (χ2v) is 13.0. The van der Waals surface area contributed by atoms with E-state index in [1.54, 1.807) is 0 Å². The van der Waals surface area contributed by atoms with Gasteiger partial charge >= 0.3 is 0 Å². The number of hydrogen-bond acceptors (Lipinski definition) is 2. The van der Waals surface area contributed by atoms with E-state index >= 15 is 0 Å². The first kappa shape index (κ1) is 13.3. The molecule has 0 heterocycles. The first-order valence-electron chi connectivity index (χ1n) is 7.55. The lowest BCUT2D eigenvalue weighted by atomic mass is 9.71. The van der Waals surface area contributed by atoms with Crippen molar-refractivity contribution in [2.75, 3.05) is 0 Å². The molecule has 0 spiro atoms. The summed E-state index contributed by atoms with van der Waals surface area (Å²) in [5.74, 6) is 0. The Morgan fingerprint density at radius 3 is 2.00 bits per heavy atom. The zero-order valence-corrected chi connectivity index (χ0v) is 13.8. The summed E-state index contributed by atoms with van der Waals surface area (Å²) in [5, 5.41) is 0. The number of hydrogen-bond donors (Lipinski definition) is 1. The molecule has 0 saturated carbocycles. The fourth-order valence-corrected chi connectivity index (χ4v) is 5.65. The minimum absolute atomic E-state index is 0.294. The number of allylic oxidation sites excluding steroid dienone is 4. The molecular formula is C18H21NOSi. The van der Waals surface area contributed by atoms with E-state index in [1.165, 1.54) is 11.1 Å². The van der Waals surface area contributed by atoms with E-state index in [2.05, 4.69) is 62.2 Å². The highest BCUT2D eigenvalue weighted by atomic mass is 28.3. The summed E-state index contributed by atoms with van der Waals surface area (Å²) in [6.07, 6.45) is 17.0. The van der Waals surface area contributed by atoms with Crippen LogP contribution in [0.25, 0.3) is 0 Å². The van der Waals surface area contributed by atoms with Gasteiger partial charge in [-0.15, -0.1) is 0 Å². The lowest BCUT2D eigenvalue weighted by molar-refractivity contribution is -0.0758. The zero-order valence-electron chi connectivity index (χ0n) is 12.8. The minimum atomic E-state index is -1.31. The first-order chi connectivity index (χ1) is 9.83. The highest BCUT2D eigenvalue weighted by molar-refractivity contribution is 6.76. The monoisotopic (exact) mass is 295 g/mol.